The van der Waals surface area contributed by atoms with Gasteiger partial charge in [-0.1, -0.05) is 19.1 Å². The fourth-order valence-electron chi connectivity index (χ4n) is 2.12. The van der Waals surface area contributed by atoms with E-state index in [2.05, 4.69) is 5.32 Å². The molecule has 86 valence electrons. The number of Topliss-reactive ketones (excluding diaryl/α,β-unsaturated/α-hetero) is 1. The summed E-state index contributed by atoms with van der Waals surface area (Å²) < 4.78 is 5.13. The predicted octanol–water partition coefficient (Wildman–Crippen LogP) is 1.88. The average molecular weight is 219 g/mol. The lowest BCUT2D eigenvalue weighted by Gasteiger charge is -2.20. The minimum Gasteiger partial charge on any atom is -0.497 e. The van der Waals surface area contributed by atoms with Crippen molar-refractivity contribution in [3.05, 3.63) is 29.8 Å². The van der Waals surface area contributed by atoms with Gasteiger partial charge < -0.3 is 10.1 Å². The van der Waals surface area contributed by atoms with Crippen LogP contribution in [0.5, 0.6) is 5.75 Å². The van der Waals surface area contributed by atoms with E-state index in [1.807, 2.05) is 31.2 Å². The molecule has 1 aromatic rings. The van der Waals surface area contributed by atoms with E-state index in [4.69, 9.17) is 4.74 Å². The first-order chi connectivity index (χ1) is 7.65. The third-order valence-corrected chi connectivity index (χ3v) is 3.25. The van der Waals surface area contributed by atoms with Crippen LogP contribution in [0.4, 0.5) is 0 Å². The van der Waals surface area contributed by atoms with Gasteiger partial charge in [0, 0.05) is 17.5 Å². The zero-order valence-corrected chi connectivity index (χ0v) is 9.75. The lowest BCUT2D eigenvalue weighted by Crippen LogP contribution is -2.30. The van der Waals surface area contributed by atoms with Gasteiger partial charge in [0.2, 0.25) is 0 Å². The van der Waals surface area contributed by atoms with Crippen molar-refractivity contribution in [3.8, 4) is 5.75 Å². The zero-order chi connectivity index (χ0) is 11.6. The van der Waals surface area contributed by atoms with E-state index < -0.39 is 0 Å². The number of nitrogens with one attached hydrogen (secondary N) is 1. The van der Waals surface area contributed by atoms with Crippen molar-refractivity contribution >= 4 is 5.78 Å². The van der Waals surface area contributed by atoms with Gasteiger partial charge in [0.15, 0.2) is 5.78 Å². The van der Waals surface area contributed by atoms with Gasteiger partial charge in [-0.05, 0) is 25.1 Å². The fraction of sp³-hybridized carbons (Fsp3) is 0.462. The molecule has 0 bridgehead atoms. The van der Waals surface area contributed by atoms with Gasteiger partial charge in [-0.3, -0.25) is 4.79 Å². The smallest absolute Gasteiger partial charge is 0.170 e. The van der Waals surface area contributed by atoms with Gasteiger partial charge in [-0.15, -0.1) is 0 Å². The quantitative estimate of drug-likeness (QED) is 0.789. The Balaban J connectivity index is 2.26. The normalized spacial score (nSPS) is 24.4. The second-order valence-corrected chi connectivity index (χ2v) is 4.55. The molecule has 0 radical (unpaired) electrons. The molecule has 0 saturated carbocycles. The summed E-state index contributed by atoms with van der Waals surface area (Å²) in [6, 6.07) is 7.38. The molecule has 1 unspecified atom stereocenters. The second kappa shape index (κ2) is 4.26. The van der Waals surface area contributed by atoms with Crippen molar-refractivity contribution in [1.29, 1.82) is 0 Å². The van der Waals surface area contributed by atoms with Crippen LogP contribution in [-0.4, -0.2) is 26.0 Å². The summed E-state index contributed by atoms with van der Waals surface area (Å²) in [4.78, 5) is 12.3. The number of ether oxygens (including phenoxy) is 1. The summed E-state index contributed by atoms with van der Waals surface area (Å²) in [5.41, 5.74) is 0.484. The zero-order valence-electron chi connectivity index (χ0n) is 9.75. The Morgan fingerprint density at radius 1 is 1.50 bits per heavy atom. The van der Waals surface area contributed by atoms with Gasteiger partial charge in [-0.2, -0.15) is 0 Å². The molecule has 1 N–H and O–H groups in total. The van der Waals surface area contributed by atoms with E-state index >= 15 is 0 Å². The van der Waals surface area contributed by atoms with Crippen molar-refractivity contribution in [3.63, 3.8) is 0 Å². The standard InChI is InChI=1S/C13H17NO2/c1-13(6-7-14-9-13)12(15)10-4-3-5-11(8-10)16-2/h3-5,8,14H,6-7,9H2,1-2H3. The van der Waals surface area contributed by atoms with Crippen LogP contribution >= 0.6 is 0 Å². The van der Waals surface area contributed by atoms with Gasteiger partial charge in [0.1, 0.15) is 5.75 Å². The number of ketones is 1. The Morgan fingerprint density at radius 3 is 2.94 bits per heavy atom. The Hall–Kier alpha value is -1.35. The highest BCUT2D eigenvalue weighted by Crippen LogP contribution is 2.30. The van der Waals surface area contributed by atoms with Crippen LogP contribution in [0.3, 0.4) is 0 Å². The second-order valence-electron chi connectivity index (χ2n) is 4.55. The van der Waals surface area contributed by atoms with Gasteiger partial charge in [0.05, 0.1) is 7.11 Å². The molecule has 3 nitrogen and oxygen atoms in total. The largest absolute Gasteiger partial charge is 0.497 e. The van der Waals surface area contributed by atoms with Crippen LogP contribution in [0.2, 0.25) is 0 Å². The molecule has 0 aromatic heterocycles. The maximum Gasteiger partial charge on any atom is 0.170 e. The van der Waals surface area contributed by atoms with Crippen molar-refractivity contribution in [2.45, 2.75) is 13.3 Å². The number of carbonyl (C=O) groups is 1. The third-order valence-electron chi connectivity index (χ3n) is 3.25. The Bertz CT molecular complexity index is 395. The Morgan fingerprint density at radius 2 is 2.31 bits per heavy atom. The minimum atomic E-state index is -0.258. The van der Waals surface area contributed by atoms with E-state index in [0.717, 1.165) is 30.8 Å². The molecule has 1 atom stereocenters. The summed E-state index contributed by atoms with van der Waals surface area (Å²) in [5, 5.41) is 3.24. The lowest BCUT2D eigenvalue weighted by molar-refractivity contribution is 0.0839. The number of benzene rings is 1. The van der Waals surface area contributed by atoms with Crippen LogP contribution in [0.25, 0.3) is 0 Å². The average Bonchev–Trinajstić information content (AvgIpc) is 2.76. The lowest BCUT2D eigenvalue weighted by atomic mass is 9.81. The van der Waals surface area contributed by atoms with Gasteiger partial charge in [0.25, 0.3) is 0 Å². The van der Waals surface area contributed by atoms with Crippen LogP contribution < -0.4 is 10.1 Å². The summed E-state index contributed by atoms with van der Waals surface area (Å²) in [5.74, 6) is 0.941. The Labute approximate surface area is 95.8 Å². The van der Waals surface area contributed by atoms with Crippen LogP contribution in [0, 0.1) is 5.41 Å². The highest BCUT2D eigenvalue weighted by Gasteiger charge is 2.36. The van der Waals surface area contributed by atoms with Crippen molar-refractivity contribution in [1.82, 2.24) is 5.32 Å². The van der Waals surface area contributed by atoms with E-state index in [0.29, 0.717) is 0 Å². The van der Waals surface area contributed by atoms with E-state index in [1.54, 1.807) is 7.11 Å². The maximum absolute atomic E-state index is 12.3. The highest BCUT2D eigenvalue weighted by atomic mass is 16.5. The van der Waals surface area contributed by atoms with Crippen molar-refractivity contribution < 1.29 is 9.53 Å². The number of carbonyl (C=O) groups excluding carboxylic acids is 1. The minimum absolute atomic E-state index is 0.205. The maximum atomic E-state index is 12.3. The van der Waals surface area contributed by atoms with Crippen molar-refractivity contribution in [2.75, 3.05) is 20.2 Å². The summed E-state index contributed by atoms with van der Waals surface area (Å²) in [6.45, 7) is 3.71. The summed E-state index contributed by atoms with van der Waals surface area (Å²) in [7, 11) is 1.61. The number of hydrogen-bond acceptors (Lipinski definition) is 3. The fourth-order valence-corrected chi connectivity index (χ4v) is 2.12. The molecule has 1 fully saturated rings. The van der Waals surface area contributed by atoms with Gasteiger partial charge >= 0.3 is 0 Å². The van der Waals surface area contributed by atoms with E-state index in [-0.39, 0.29) is 11.2 Å². The first-order valence-electron chi connectivity index (χ1n) is 5.55. The summed E-state index contributed by atoms with van der Waals surface area (Å²) >= 11 is 0. The topological polar surface area (TPSA) is 38.3 Å². The monoisotopic (exact) mass is 219 g/mol. The molecule has 1 heterocycles. The van der Waals surface area contributed by atoms with E-state index in [9.17, 15) is 4.79 Å². The SMILES string of the molecule is COc1cccc(C(=O)C2(C)CCNC2)c1. The number of methoxy groups -OCH3 is 1. The first-order valence-corrected chi connectivity index (χ1v) is 5.55. The van der Waals surface area contributed by atoms with Crippen LogP contribution in [0.1, 0.15) is 23.7 Å². The highest BCUT2D eigenvalue weighted by molar-refractivity contribution is 6.01. The molecular formula is C13H17NO2. The van der Waals surface area contributed by atoms with Crippen molar-refractivity contribution in [2.24, 2.45) is 5.41 Å². The van der Waals surface area contributed by atoms with E-state index in [1.165, 1.54) is 0 Å². The molecule has 2 rings (SSSR count). The third kappa shape index (κ3) is 1.95. The van der Waals surface area contributed by atoms with Crippen LogP contribution in [0.15, 0.2) is 24.3 Å². The molecule has 1 aromatic carbocycles. The number of hydrogen-bond donors (Lipinski definition) is 1. The Kier molecular flexibility index (Phi) is 2.97. The molecule has 0 aliphatic carbocycles. The molecule has 0 amide bonds. The molecule has 3 heteroatoms. The van der Waals surface area contributed by atoms with Crippen LogP contribution in [-0.2, 0) is 0 Å². The molecule has 1 aliphatic rings. The molecular weight excluding hydrogens is 202 g/mol. The number of rotatable bonds is 3. The molecule has 1 aliphatic heterocycles. The summed E-state index contributed by atoms with van der Waals surface area (Å²) in [6.07, 6.45) is 0.906. The molecule has 0 spiro atoms. The van der Waals surface area contributed by atoms with Gasteiger partial charge in [-0.25, -0.2) is 0 Å². The molecule has 16 heavy (non-hydrogen) atoms. The predicted molar refractivity (Wildman–Crippen MR) is 62.9 cm³/mol. The molecule has 1 saturated heterocycles. The first kappa shape index (κ1) is 11.1.